The van der Waals surface area contributed by atoms with Crippen LogP contribution in [0.1, 0.15) is 16.7 Å². The van der Waals surface area contributed by atoms with Crippen LogP contribution in [0.2, 0.25) is 0 Å². The molecule has 1 aliphatic heterocycles. The third kappa shape index (κ3) is 2.19. The first-order valence-electron chi connectivity index (χ1n) is 6.23. The zero-order chi connectivity index (χ0) is 14.3. The molecular formula is C15H13F3N2. The molecule has 2 aromatic rings. The van der Waals surface area contributed by atoms with Crippen molar-refractivity contribution in [2.75, 3.05) is 10.6 Å². The molecule has 5 heteroatoms. The average Bonchev–Trinajstić information content (AvgIpc) is 2.81. The predicted octanol–water partition coefficient (Wildman–Crippen LogP) is 3.81. The zero-order valence-corrected chi connectivity index (χ0v) is 10.6. The maximum atomic E-state index is 12.9. The van der Waals surface area contributed by atoms with Gasteiger partial charge in [0.25, 0.3) is 0 Å². The van der Waals surface area contributed by atoms with Crippen molar-refractivity contribution in [2.24, 2.45) is 0 Å². The molecule has 104 valence electrons. The maximum absolute atomic E-state index is 12.9. The number of nitrogens with two attached hydrogens (primary N) is 1. The van der Waals surface area contributed by atoms with Gasteiger partial charge >= 0.3 is 6.18 Å². The van der Waals surface area contributed by atoms with Gasteiger partial charge in [-0.2, -0.15) is 13.2 Å². The van der Waals surface area contributed by atoms with Crippen LogP contribution in [0.3, 0.4) is 0 Å². The first kappa shape index (κ1) is 12.8. The smallest absolute Gasteiger partial charge is 0.398 e. The highest BCUT2D eigenvalue weighted by atomic mass is 19.4. The normalized spacial score (nSPS) is 14.4. The van der Waals surface area contributed by atoms with Crippen molar-refractivity contribution in [3.8, 4) is 0 Å². The van der Waals surface area contributed by atoms with Crippen molar-refractivity contribution < 1.29 is 13.2 Å². The molecule has 0 unspecified atom stereocenters. The summed E-state index contributed by atoms with van der Waals surface area (Å²) in [6.07, 6.45) is -4.42. The number of nitrogen functional groups attached to an aromatic ring is 1. The van der Waals surface area contributed by atoms with Crippen molar-refractivity contribution >= 4 is 11.4 Å². The van der Waals surface area contributed by atoms with E-state index in [0.717, 1.165) is 17.2 Å². The summed E-state index contributed by atoms with van der Waals surface area (Å²) in [7, 11) is 0. The Morgan fingerprint density at radius 2 is 1.55 bits per heavy atom. The fourth-order valence-electron chi connectivity index (χ4n) is 2.50. The van der Waals surface area contributed by atoms with Gasteiger partial charge in [0.05, 0.1) is 5.56 Å². The van der Waals surface area contributed by atoms with Crippen LogP contribution in [0, 0.1) is 0 Å². The van der Waals surface area contributed by atoms with Gasteiger partial charge in [0.2, 0.25) is 0 Å². The quantitative estimate of drug-likeness (QED) is 0.804. The minimum atomic E-state index is -4.42. The van der Waals surface area contributed by atoms with Gasteiger partial charge in [-0.15, -0.1) is 0 Å². The third-order valence-electron chi connectivity index (χ3n) is 3.55. The Morgan fingerprint density at radius 3 is 2.10 bits per heavy atom. The Morgan fingerprint density at radius 1 is 0.950 bits per heavy atom. The average molecular weight is 278 g/mol. The van der Waals surface area contributed by atoms with Crippen LogP contribution in [-0.2, 0) is 19.3 Å². The Balaban J connectivity index is 1.94. The molecule has 2 aromatic carbocycles. The first-order chi connectivity index (χ1) is 9.45. The fourth-order valence-corrected chi connectivity index (χ4v) is 2.50. The molecule has 1 heterocycles. The van der Waals surface area contributed by atoms with Gasteiger partial charge in [-0.3, -0.25) is 0 Å². The van der Waals surface area contributed by atoms with Crippen molar-refractivity contribution in [1.82, 2.24) is 0 Å². The topological polar surface area (TPSA) is 29.3 Å². The van der Waals surface area contributed by atoms with Gasteiger partial charge in [-0.05, 0) is 29.3 Å². The standard InChI is InChI=1S/C15H13F3N2/c16-15(17,18)13-7-12(5-6-14(13)19)20-8-10-3-1-2-4-11(10)9-20/h1-7H,8-9,19H2. The van der Waals surface area contributed by atoms with E-state index in [2.05, 4.69) is 0 Å². The van der Waals surface area contributed by atoms with Gasteiger partial charge < -0.3 is 10.6 Å². The first-order valence-corrected chi connectivity index (χ1v) is 6.23. The molecule has 0 radical (unpaired) electrons. The summed E-state index contributed by atoms with van der Waals surface area (Å²) < 4.78 is 38.6. The van der Waals surface area contributed by atoms with E-state index in [1.165, 1.54) is 6.07 Å². The van der Waals surface area contributed by atoms with Crippen LogP contribution in [0.25, 0.3) is 0 Å². The summed E-state index contributed by atoms with van der Waals surface area (Å²) >= 11 is 0. The lowest BCUT2D eigenvalue weighted by atomic mass is 10.1. The summed E-state index contributed by atoms with van der Waals surface area (Å²) in [5, 5.41) is 0. The van der Waals surface area contributed by atoms with Gasteiger partial charge in [-0.1, -0.05) is 24.3 Å². The van der Waals surface area contributed by atoms with Crippen LogP contribution >= 0.6 is 0 Å². The molecule has 2 nitrogen and oxygen atoms in total. The Labute approximate surface area is 114 Å². The molecule has 0 bridgehead atoms. The Kier molecular flexibility index (Phi) is 2.85. The van der Waals surface area contributed by atoms with E-state index < -0.39 is 11.7 Å². The Hall–Kier alpha value is -2.17. The highest BCUT2D eigenvalue weighted by Gasteiger charge is 2.33. The molecule has 1 aliphatic rings. The zero-order valence-electron chi connectivity index (χ0n) is 10.6. The Bertz CT molecular complexity index is 625. The number of benzene rings is 2. The van der Waals surface area contributed by atoms with Crippen LogP contribution in [0.4, 0.5) is 24.5 Å². The van der Waals surface area contributed by atoms with E-state index in [4.69, 9.17) is 5.73 Å². The number of rotatable bonds is 1. The molecular weight excluding hydrogens is 265 g/mol. The highest BCUT2D eigenvalue weighted by Crippen LogP contribution is 2.37. The minimum absolute atomic E-state index is 0.238. The second-order valence-corrected chi connectivity index (χ2v) is 4.89. The number of hydrogen-bond donors (Lipinski definition) is 1. The second-order valence-electron chi connectivity index (χ2n) is 4.89. The molecule has 0 spiro atoms. The van der Waals surface area contributed by atoms with E-state index in [1.54, 1.807) is 6.07 Å². The van der Waals surface area contributed by atoms with Crippen molar-refractivity contribution in [2.45, 2.75) is 19.3 Å². The SMILES string of the molecule is Nc1ccc(N2Cc3ccccc3C2)cc1C(F)(F)F. The van der Waals surface area contributed by atoms with Gasteiger partial charge in [0.15, 0.2) is 0 Å². The van der Waals surface area contributed by atoms with E-state index in [9.17, 15) is 13.2 Å². The largest absolute Gasteiger partial charge is 0.418 e. The van der Waals surface area contributed by atoms with E-state index in [-0.39, 0.29) is 5.69 Å². The van der Waals surface area contributed by atoms with Crippen LogP contribution in [-0.4, -0.2) is 0 Å². The second kappa shape index (κ2) is 4.44. The molecule has 0 aromatic heterocycles. The molecule has 0 saturated carbocycles. The monoisotopic (exact) mass is 278 g/mol. The summed E-state index contributed by atoms with van der Waals surface area (Å²) in [5.41, 5.74) is 7.26. The summed E-state index contributed by atoms with van der Waals surface area (Å²) in [5.74, 6) is 0. The third-order valence-corrected chi connectivity index (χ3v) is 3.55. The number of halogens is 3. The molecule has 3 rings (SSSR count). The van der Waals surface area contributed by atoms with Gasteiger partial charge in [0, 0.05) is 24.5 Å². The minimum Gasteiger partial charge on any atom is -0.398 e. The van der Waals surface area contributed by atoms with Crippen LogP contribution < -0.4 is 10.6 Å². The van der Waals surface area contributed by atoms with E-state index in [0.29, 0.717) is 18.8 Å². The molecule has 0 atom stereocenters. The molecule has 0 fully saturated rings. The number of hydrogen-bond acceptors (Lipinski definition) is 2. The summed E-state index contributed by atoms with van der Waals surface area (Å²) in [4.78, 5) is 1.92. The summed E-state index contributed by atoms with van der Waals surface area (Å²) in [6.45, 7) is 1.24. The molecule has 0 saturated heterocycles. The number of fused-ring (bicyclic) bond motifs is 1. The van der Waals surface area contributed by atoms with Crippen LogP contribution in [0.15, 0.2) is 42.5 Å². The lowest BCUT2D eigenvalue weighted by Gasteiger charge is -2.20. The van der Waals surface area contributed by atoms with Gasteiger partial charge in [-0.25, -0.2) is 0 Å². The maximum Gasteiger partial charge on any atom is 0.418 e. The van der Waals surface area contributed by atoms with Crippen LogP contribution in [0.5, 0.6) is 0 Å². The molecule has 0 amide bonds. The van der Waals surface area contributed by atoms with Crippen molar-refractivity contribution in [3.05, 3.63) is 59.2 Å². The van der Waals surface area contributed by atoms with Gasteiger partial charge in [0.1, 0.15) is 0 Å². The summed E-state index contributed by atoms with van der Waals surface area (Å²) in [6, 6.07) is 12.0. The van der Waals surface area contributed by atoms with E-state index in [1.807, 2.05) is 29.2 Å². The molecule has 0 aliphatic carbocycles. The lowest BCUT2D eigenvalue weighted by molar-refractivity contribution is -0.136. The van der Waals surface area contributed by atoms with Crippen molar-refractivity contribution in [1.29, 1.82) is 0 Å². The highest BCUT2D eigenvalue weighted by molar-refractivity contribution is 5.61. The number of nitrogens with zero attached hydrogens (tertiary/aromatic N) is 1. The van der Waals surface area contributed by atoms with E-state index >= 15 is 0 Å². The molecule has 20 heavy (non-hydrogen) atoms. The number of anilines is 2. The predicted molar refractivity (Wildman–Crippen MR) is 72.2 cm³/mol. The van der Waals surface area contributed by atoms with Crippen molar-refractivity contribution in [3.63, 3.8) is 0 Å². The lowest BCUT2D eigenvalue weighted by Crippen LogP contribution is -2.16. The fraction of sp³-hybridized carbons (Fsp3) is 0.200. The number of alkyl halides is 3. The molecule has 2 N–H and O–H groups in total.